The van der Waals surface area contributed by atoms with Gasteiger partial charge in [-0.15, -0.1) is 0 Å². The molecule has 4 nitrogen and oxygen atoms in total. The van der Waals surface area contributed by atoms with E-state index in [1.807, 2.05) is 19.1 Å². The van der Waals surface area contributed by atoms with Gasteiger partial charge in [-0.2, -0.15) is 0 Å². The summed E-state index contributed by atoms with van der Waals surface area (Å²) in [5, 5.41) is 8.34. The molecule has 1 fully saturated rings. The standard InChI is InChI=1S/C14H20ClN3O/c1-2-19-11-4-3-7-18(9-11)13-8-10(15)5-6-12(13)14(16)17/h5-6,8,11H,2-4,7,9H2,1H3,(H3,16,17). The van der Waals surface area contributed by atoms with Crippen molar-refractivity contribution in [2.24, 2.45) is 5.73 Å². The van der Waals surface area contributed by atoms with Crippen molar-refractivity contribution in [2.45, 2.75) is 25.9 Å². The number of rotatable bonds is 4. The van der Waals surface area contributed by atoms with Gasteiger partial charge < -0.3 is 15.4 Å². The number of benzene rings is 1. The summed E-state index contributed by atoms with van der Waals surface area (Å²) in [6.07, 6.45) is 2.41. The number of hydrogen-bond acceptors (Lipinski definition) is 3. The van der Waals surface area contributed by atoms with E-state index in [2.05, 4.69) is 4.90 Å². The molecule has 3 N–H and O–H groups in total. The van der Waals surface area contributed by atoms with Gasteiger partial charge in [0.05, 0.1) is 6.10 Å². The van der Waals surface area contributed by atoms with E-state index in [4.69, 9.17) is 27.5 Å². The molecule has 1 saturated heterocycles. The topological polar surface area (TPSA) is 62.3 Å². The zero-order chi connectivity index (χ0) is 13.8. The van der Waals surface area contributed by atoms with Crippen molar-refractivity contribution in [3.05, 3.63) is 28.8 Å². The second-order valence-electron chi connectivity index (χ2n) is 4.74. The maximum absolute atomic E-state index is 7.67. The van der Waals surface area contributed by atoms with Crippen molar-refractivity contribution in [3.63, 3.8) is 0 Å². The first-order valence-electron chi connectivity index (χ1n) is 6.62. The van der Waals surface area contributed by atoms with Gasteiger partial charge in [0.2, 0.25) is 0 Å². The number of hydrogen-bond donors (Lipinski definition) is 2. The summed E-state index contributed by atoms with van der Waals surface area (Å²) < 4.78 is 5.71. The smallest absolute Gasteiger partial charge is 0.124 e. The molecule has 5 heteroatoms. The Kier molecular flexibility index (Phi) is 4.66. The van der Waals surface area contributed by atoms with Crippen LogP contribution in [0.3, 0.4) is 0 Å². The molecular formula is C14H20ClN3O. The minimum atomic E-state index is 0.0743. The van der Waals surface area contributed by atoms with Gasteiger partial charge in [-0.1, -0.05) is 11.6 Å². The van der Waals surface area contributed by atoms with E-state index >= 15 is 0 Å². The summed E-state index contributed by atoms with van der Waals surface area (Å²) in [5.74, 6) is 0.0743. The first-order valence-corrected chi connectivity index (χ1v) is 7.00. The molecule has 1 aromatic carbocycles. The molecule has 1 aliphatic heterocycles. The number of piperidine rings is 1. The second-order valence-corrected chi connectivity index (χ2v) is 5.18. The number of nitrogens with two attached hydrogens (primary N) is 1. The van der Waals surface area contributed by atoms with E-state index in [0.717, 1.165) is 43.8 Å². The lowest BCUT2D eigenvalue weighted by Gasteiger charge is -2.35. The average molecular weight is 282 g/mol. The first kappa shape index (κ1) is 14.2. The maximum Gasteiger partial charge on any atom is 0.124 e. The molecule has 1 unspecified atom stereocenters. The largest absolute Gasteiger partial charge is 0.384 e. The van der Waals surface area contributed by atoms with E-state index in [9.17, 15) is 0 Å². The molecule has 1 atom stereocenters. The van der Waals surface area contributed by atoms with E-state index in [0.29, 0.717) is 5.02 Å². The molecule has 1 heterocycles. The summed E-state index contributed by atoms with van der Waals surface area (Å²) >= 11 is 6.07. The Bertz CT molecular complexity index is 462. The van der Waals surface area contributed by atoms with Gasteiger partial charge in [-0.05, 0) is 38.0 Å². The molecule has 0 bridgehead atoms. The third kappa shape index (κ3) is 3.39. The van der Waals surface area contributed by atoms with Crippen LogP contribution in [0.5, 0.6) is 0 Å². The number of halogens is 1. The highest BCUT2D eigenvalue weighted by molar-refractivity contribution is 6.31. The molecular weight excluding hydrogens is 262 g/mol. The highest BCUT2D eigenvalue weighted by Gasteiger charge is 2.22. The lowest BCUT2D eigenvalue weighted by Crippen LogP contribution is -2.40. The molecule has 0 spiro atoms. The normalized spacial score (nSPS) is 19.5. The van der Waals surface area contributed by atoms with Crippen LogP contribution in [0.2, 0.25) is 5.02 Å². The molecule has 0 saturated carbocycles. The SMILES string of the molecule is CCOC1CCCN(c2cc(Cl)ccc2C(=N)N)C1. The fourth-order valence-corrected chi connectivity index (χ4v) is 2.69. The average Bonchev–Trinajstić information content (AvgIpc) is 2.39. The van der Waals surface area contributed by atoms with Crippen molar-refractivity contribution in [3.8, 4) is 0 Å². The molecule has 104 valence electrons. The minimum Gasteiger partial charge on any atom is -0.384 e. The van der Waals surface area contributed by atoms with Gasteiger partial charge in [-0.25, -0.2) is 0 Å². The van der Waals surface area contributed by atoms with Crippen LogP contribution in [0.25, 0.3) is 0 Å². The predicted octanol–water partition coefficient (Wildman–Crippen LogP) is 2.63. The van der Waals surface area contributed by atoms with Crippen molar-refractivity contribution in [2.75, 3.05) is 24.6 Å². The van der Waals surface area contributed by atoms with Crippen molar-refractivity contribution in [1.29, 1.82) is 5.41 Å². The predicted molar refractivity (Wildman–Crippen MR) is 79.3 cm³/mol. The van der Waals surface area contributed by atoms with E-state index < -0.39 is 0 Å². The summed E-state index contributed by atoms with van der Waals surface area (Å²) in [4.78, 5) is 2.21. The molecule has 0 aromatic heterocycles. The van der Waals surface area contributed by atoms with Crippen molar-refractivity contribution < 1.29 is 4.74 Å². The minimum absolute atomic E-state index is 0.0743. The second kappa shape index (κ2) is 6.26. The summed E-state index contributed by atoms with van der Waals surface area (Å²) in [7, 11) is 0. The number of nitrogen functional groups attached to an aromatic ring is 1. The highest BCUT2D eigenvalue weighted by Crippen LogP contribution is 2.28. The van der Waals surface area contributed by atoms with Crippen LogP contribution >= 0.6 is 11.6 Å². The lowest BCUT2D eigenvalue weighted by atomic mass is 10.0. The Morgan fingerprint density at radius 1 is 1.58 bits per heavy atom. The van der Waals surface area contributed by atoms with Crippen molar-refractivity contribution >= 4 is 23.1 Å². The van der Waals surface area contributed by atoms with Crippen LogP contribution in [0.4, 0.5) is 5.69 Å². The van der Waals surface area contributed by atoms with Crippen LogP contribution in [-0.2, 0) is 4.74 Å². The molecule has 2 rings (SSSR count). The fraction of sp³-hybridized carbons (Fsp3) is 0.500. The summed E-state index contributed by atoms with van der Waals surface area (Å²) in [6, 6.07) is 5.46. The van der Waals surface area contributed by atoms with Crippen LogP contribution in [0.1, 0.15) is 25.3 Å². The molecule has 19 heavy (non-hydrogen) atoms. The van der Waals surface area contributed by atoms with Crippen LogP contribution in [0, 0.1) is 5.41 Å². The maximum atomic E-state index is 7.67. The third-order valence-corrected chi connectivity index (χ3v) is 3.61. The summed E-state index contributed by atoms with van der Waals surface area (Å²) in [6.45, 7) is 4.52. The lowest BCUT2D eigenvalue weighted by molar-refractivity contribution is 0.0526. The molecule has 0 amide bonds. The zero-order valence-corrected chi connectivity index (χ0v) is 11.9. The Hall–Kier alpha value is -1.26. The number of nitrogens with zero attached hydrogens (tertiary/aromatic N) is 1. The number of amidine groups is 1. The van der Waals surface area contributed by atoms with Crippen LogP contribution in [0.15, 0.2) is 18.2 Å². The Balaban J connectivity index is 2.24. The van der Waals surface area contributed by atoms with Crippen LogP contribution < -0.4 is 10.6 Å². The zero-order valence-electron chi connectivity index (χ0n) is 11.2. The van der Waals surface area contributed by atoms with Gasteiger partial charge in [0.1, 0.15) is 5.84 Å². The number of anilines is 1. The van der Waals surface area contributed by atoms with Gasteiger partial charge in [0.15, 0.2) is 0 Å². The van der Waals surface area contributed by atoms with Crippen LogP contribution in [-0.4, -0.2) is 31.6 Å². The van der Waals surface area contributed by atoms with Crippen molar-refractivity contribution in [1.82, 2.24) is 0 Å². The quantitative estimate of drug-likeness (QED) is 0.659. The van der Waals surface area contributed by atoms with Gasteiger partial charge in [0, 0.05) is 36.0 Å². The summed E-state index contributed by atoms with van der Waals surface area (Å²) in [5.41, 5.74) is 7.32. The Labute approximate surface area is 119 Å². The van der Waals surface area contributed by atoms with E-state index in [-0.39, 0.29) is 11.9 Å². The Morgan fingerprint density at radius 2 is 2.37 bits per heavy atom. The number of nitrogens with one attached hydrogen (secondary N) is 1. The highest BCUT2D eigenvalue weighted by atomic mass is 35.5. The molecule has 0 aliphatic carbocycles. The molecule has 1 aromatic rings. The third-order valence-electron chi connectivity index (χ3n) is 3.37. The van der Waals surface area contributed by atoms with E-state index in [1.54, 1.807) is 6.07 Å². The fourth-order valence-electron chi connectivity index (χ4n) is 2.52. The van der Waals surface area contributed by atoms with Gasteiger partial charge in [0.25, 0.3) is 0 Å². The van der Waals surface area contributed by atoms with Gasteiger partial charge >= 0.3 is 0 Å². The first-order chi connectivity index (χ1) is 9.11. The van der Waals surface area contributed by atoms with Gasteiger partial charge in [-0.3, -0.25) is 5.41 Å². The van der Waals surface area contributed by atoms with E-state index in [1.165, 1.54) is 0 Å². The number of ether oxygens (including phenoxy) is 1. The molecule has 0 radical (unpaired) electrons. The Morgan fingerprint density at radius 3 is 3.05 bits per heavy atom. The monoisotopic (exact) mass is 281 g/mol. The molecule has 1 aliphatic rings.